The summed E-state index contributed by atoms with van der Waals surface area (Å²) in [6.07, 6.45) is -6.45. The lowest BCUT2D eigenvalue weighted by atomic mass is 9.95. The van der Waals surface area contributed by atoms with Gasteiger partial charge >= 0.3 is 31.7 Å². The molecule has 0 aliphatic rings. The van der Waals surface area contributed by atoms with Crippen LogP contribution in [0, 0.1) is 5.92 Å². The van der Waals surface area contributed by atoms with Crippen molar-refractivity contribution >= 4 is 31.7 Å². The molecule has 0 saturated heterocycles. The SMILES string of the molecule is COC(OP(=O)(Oc1ccccc1)Oc1ccccc1)C(OC(C)=O)C(OC(C)=O)C(OC(C)=O)C(C)COC(C)=O. The molecule has 0 spiro atoms. The number of phosphoric ester groups is 1. The van der Waals surface area contributed by atoms with Gasteiger partial charge in [-0.25, -0.2) is 9.09 Å². The summed E-state index contributed by atoms with van der Waals surface area (Å²) in [7, 11) is -3.50. The fraction of sp³-hybridized carbons (Fsp3) is 0.429. The number of phosphoric acid groups is 1. The maximum Gasteiger partial charge on any atom is 0.590 e. The summed E-state index contributed by atoms with van der Waals surface area (Å²) in [5.74, 6) is -3.70. The van der Waals surface area contributed by atoms with E-state index in [0.717, 1.165) is 27.9 Å². The summed E-state index contributed by atoms with van der Waals surface area (Å²) in [6.45, 7) is 5.71. The molecule has 2 aromatic rings. The van der Waals surface area contributed by atoms with Crippen molar-refractivity contribution in [2.75, 3.05) is 13.7 Å². The number of rotatable bonds is 16. The van der Waals surface area contributed by atoms with Crippen molar-refractivity contribution in [2.24, 2.45) is 5.92 Å². The minimum Gasteiger partial charge on any atom is -0.465 e. The van der Waals surface area contributed by atoms with Crippen molar-refractivity contribution in [3.05, 3.63) is 60.7 Å². The number of benzene rings is 2. The van der Waals surface area contributed by atoms with Gasteiger partial charge in [0, 0.05) is 40.7 Å². The first-order valence-corrected chi connectivity index (χ1v) is 14.2. The summed E-state index contributed by atoms with van der Waals surface area (Å²) in [4.78, 5) is 48.0. The van der Waals surface area contributed by atoms with Gasteiger partial charge in [0.2, 0.25) is 6.29 Å². The Hall–Kier alpha value is -3.93. The zero-order valence-electron chi connectivity index (χ0n) is 24.1. The molecule has 42 heavy (non-hydrogen) atoms. The van der Waals surface area contributed by atoms with E-state index >= 15 is 0 Å². The number of methoxy groups -OCH3 is 1. The Kier molecular flexibility index (Phi) is 13.5. The first kappa shape index (κ1) is 34.3. The quantitative estimate of drug-likeness (QED) is 0.115. The van der Waals surface area contributed by atoms with E-state index in [9.17, 15) is 23.7 Å². The number of carbonyl (C=O) groups is 4. The third-order valence-corrected chi connectivity index (χ3v) is 6.65. The third-order valence-electron chi connectivity index (χ3n) is 5.32. The van der Waals surface area contributed by atoms with Gasteiger partial charge in [-0.3, -0.25) is 19.2 Å². The third kappa shape index (κ3) is 11.5. The van der Waals surface area contributed by atoms with E-state index in [2.05, 4.69) is 0 Å². The number of hydrogen-bond donors (Lipinski definition) is 0. The van der Waals surface area contributed by atoms with E-state index in [1.54, 1.807) is 43.3 Å². The first-order valence-electron chi connectivity index (χ1n) is 12.8. The van der Waals surface area contributed by atoms with Gasteiger partial charge in [-0.1, -0.05) is 43.3 Å². The van der Waals surface area contributed by atoms with Crippen molar-refractivity contribution in [3.8, 4) is 11.5 Å². The highest BCUT2D eigenvalue weighted by Gasteiger charge is 2.48. The van der Waals surface area contributed by atoms with E-state index in [0.29, 0.717) is 0 Å². The molecule has 230 valence electrons. The Balaban J connectivity index is 2.58. The second-order valence-electron chi connectivity index (χ2n) is 8.97. The molecule has 0 radical (unpaired) electrons. The average molecular weight is 611 g/mol. The fourth-order valence-electron chi connectivity index (χ4n) is 3.67. The standard InChI is InChI=1S/C28H35O13P/c1-18(17-35-19(2)29)25(36-20(3)30)26(37-21(4)31)27(38-22(5)32)28(34-6)41-42(33,39-23-13-9-7-10-14-23)40-24-15-11-8-12-16-24/h7-16,18,25-28H,17H2,1-6H3. The summed E-state index contributed by atoms with van der Waals surface area (Å²) >= 11 is 0. The monoisotopic (exact) mass is 610 g/mol. The van der Waals surface area contributed by atoms with Crippen molar-refractivity contribution in [3.63, 3.8) is 0 Å². The lowest BCUT2D eigenvalue weighted by Crippen LogP contribution is -2.54. The number of para-hydroxylation sites is 2. The molecule has 0 heterocycles. The Morgan fingerprint density at radius 1 is 0.667 bits per heavy atom. The average Bonchev–Trinajstić information content (AvgIpc) is 2.92. The van der Waals surface area contributed by atoms with Crippen LogP contribution in [0.5, 0.6) is 11.5 Å². The van der Waals surface area contributed by atoms with Crippen LogP contribution in [0.15, 0.2) is 60.7 Å². The Labute approximate surface area is 243 Å². The lowest BCUT2D eigenvalue weighted by molar-refractivity contribution is -0.223. The smallest absolute Gasteiger partial charge is 0.465 e. The molecular formula is C28H35O13P. The van der Waals surface area contributed by atoms with Gasteiger partial charge in [-0.15, -0.1) is 0 Å². The summed E-state index contributed by atoms with van der Waals surface area (Å²) in [5, 5.41) is 0. The van der Waals surface area contributed by atoms with Crippen LogP contribution in [0.1, 0.15) is 34.6 Å². The van der Waals surface area contributed by atoms with Crippen LogP contribution in [0.2, 0.25) is 0 Å². The molecule has 0 aliphatic carbocycles. The molecule has 2 aromatic carbocycles. The fourth-order valence-corrected chi connectivity index (χ4v) is 5.01. The molecule has 0 saturated carbocycles. The highest BCUT2D eigenvalue weighted by molar-refractivity contribution is 7.49. The largest absolute Gasteiger partial charge is 0.590 e. The van der Waals surface area contributed by atoms with Gasteiger partial charge in [0.05, 0.1) is 6.61 Å². The van der Waals surface area contributed by atoms with E-state index in [1.165, 1.54) is 31.2 Å². The lowest BCUT2D eigenvalue weighted by Gasteiger charge is -2.37. The molecule has 0 aliphatic heterocycles. The van der Waals surface area contributed by atoms with Gasteiger partial charge in [0.15, 0.2) is 12.2 Å². The minimum absolute atomic E-state index is 0.111. The second-order valence-corrected chi connectivity index (χ2v) is 10.4. The van der Waals surface area contributed by atoms with Crippen LogP contribution in [0.3, 0.4) is 0 Å². The van der Waals surface area contributed by atoms with Crippen molar-refractivity contribution < 1.29 is 61.0 Å². The summed E-state index contributed by atoms with van der Waals surface area (Å²) < 4.78 is 57.9. The molecule has 0 bridgehead atoms. The van der Waals surface area contributed by atoms with Crippen LogP contribution in [-0.4, -0.2) is 62.2 Å². The molecule has 14 heteroatoms. The van der Waals surface area contributed by atoms with E-state index in [1.807, 2.05) is 0 Å². The van der Waals surface area contributed by atoms with Gasteiger partial charge < -0.3 is 32.7 Å². The van der Waals surface area contributed by atoms with Crippen molar-refractivity contribution in [1.29, 1.82) is 0 Å². The summed E-state index contributed by atoms with van der Waals surface area (Å²) in [6, 6.07) is 15.9. The minimum atomic E-state index is -4.65. The molecule has 5 atom stereocenters. The molecule has 13 nitrogen and oxygen atoms in total. The molecule has 0 N–H and O–H groups in total. The maximum absolute atomic E-state index is 14.1. The van der Waals surface area contributed by atoms with Crippen molar-refractivity contribution in [2.45, 2.75) is 59.2 Å². The summed E-state index contributed by atoms with van der Waals surface area (Å²) in [5.41, 5.74) is 0. The van der Waals surface area contributed by atoms with Crippen LogP contribution in [0.25, 0.3) is 0 Å². The zero-order chi connectivity index (χ0) is 31.3. The molecule has 5 unspecified atom stereocenters. The molecule has 0 amide bonds. The van der Waals surface area contributed by atoms with E-state index < -0.39 is 62.2 Å². The molecule has 2 rings (SSSR count). The zero-order valence-corrected chi connectivity index (χ0v) is 25.0. The van der Waals surface area contributed by atoms with Gasteiger partial charge in [-0.05, 0) is 24.3 Å². The predicted molar refractivity (Wildman–Crippen MR) is 146 cm³/mol. The van der Waals surface area contributed by atoms with Crippen LogP contribution >= 0.6 is 7.82 Å². The van der Waals surface area contributed by atoms with E-state index in [-0.39, 0.29) is 18.1 Å². The van der Waals surface area contributed by atoms with Gasteiger partial charge in [-0.2, -0.15) is 0 Å². The highest BCUT2D eigenvalue weighted by Crippen LogP contribution is 2.51. The van der Waals surface area contributed by atoms with E-state index in [4.69, 9.17) is 37.3 Å². The Morgan fingerprint density at radius 3 is 1.50 bits per heavy atom. The first-order chi connectivity index (χ1) is 19.8. The highest BCUT2D eigenvalue weighted by atomic mass is 31.2. The Bertz CT molecular complexity index is 1180. The number of hydrogen-bond acceptors (Lipinski definition) is 13. The molecule has 0 aromatic heterocycles. The molecule has 0 fully saturated rings. The van der Waals surface area contributed by atoms with Gasteiger partial charge in [0.25, 0.3) is 0 Å². The Morgan fingerprint density at radius 2 is 1.10 bits per heavy atom. The van der Waals surface area contributed by atoms with Crippen LogP contribution < -0.4 is 9.05 Å². The van der Waals surface area contributed by atoms with Gasteiger partial charge in [0.1, 0.15) is 17.6 Å². The van der Waals surface area contributed by atoms with Crippen molar-refractivity contribution in [1.82, 2.24) is 0 Å². The topological polar surface area (TPSA) is 159 Å². The van der Waals surface area contributed by atoms with Crippen LogP contribution in [0.4, 0.5) is 0 Å². The van der Waals surface area contributed by atoms with Crippen LogP contribution in [-0.2, 0) is 52.0 Å². The molecular weight excluding hydrogens is 575 g/mol. The second kappa shape index (κ2) is 16.5. The number of carbonyl (C=O) groups excluding carboxylic acids is 4. The number of esters is 4. The number of ether oxygens (including phenoxy) is 5. The normalized spacial score (nSPS) is 14.7. The predicted octanol–water partition coefficient (Wildman–Crippen LogP) is 4.24. The maximum atomic E-state index is 14.1.